The largest absolute Gasteiger partial charge is 0.298 e. The van der Waals surface area contributed by atoms with Crippen LogP contribution in [0.3, 0.4) is 0 Å². The summed E-state index contributed by atoms with van der Waals surface area (Å²) in [6.07, 6.45) is 2.49. The van der Waals surface area contributed by atoms with Crippen LogP contribution in [0.15, 0.2) is 29.6 Å². The average molecular weight is 448 g/mol. The van der Waals surface area contributed by atoms with Crippen LogP contribution in [0.2, 0.25) is 5.15 Å². The Morgan fingerprint density at radius 1 is 1.37 bits per heavy atom. The summed E-state index contributed by atoms with van der Waals surface area (Å²) in [5, 5.41) is 9.86. The lowest BCUT2D eigenvalue weighted by Gasteiger charge is -2.30. The Labute approximate surface area is 183 Å². The summed E-state index contributed by atoms with van der Waals surface area (Å²) in [5.74, 6) is -0.00650. The van der Waals surface area contributed by atoms with Crippen molar-refractivity contribution in [2.24, 2.45) is 5.92 Å². The van der Waals surface area contributed by atoms with Crippen LogP contribution in [0.1, 0.15) is 41.5 Å². The highest BCUT2D eigenvalue weighted by molar-refractivity contribution is 7.14. The van der Waals surface area contributed by atoms with Crippen molar-refractivity contribution in [3.63, 3.8) is 0 Å². The van der Waals surface area contributed by atoms with Crippen LogP contribution in [-0.2, 0) is 6.54 Å². The van der Waals surface area contributed by atoms with Gasteiger partial charge in [-0.2, -0.15) is 5.10 Å². The summed E-state index contributed by atoms with van der Waals surface area (Å²) >= 11 is 7.83. The van der Waals surface area contributed by atoms with Gasteiger partial charge in [-0.1, -0.05) is 18.5 Å². The third kappa shape index (κ3) is 4.55. The molecule has 1 unspecified atom stereocenters. The molecule has 30 heavy (non-hydrogen) atoms. The van der Waals surface area contributed by atoms with Gasteiger partial charge in [-0.15, -0.1) is 11.3 Å². The van der Waals surface area contributed by atoms with E-state index in [4.69, 9.17) is 11.6 Å². The van der Waals surface area contributed by atoms with Crippen molar-refractivity contribution in [1.29, 1.82) is 0 Å². The molecule has 9 heteroatoms. The molecule has 1 aliphatic heterocycles. The van der Waals surface area contributed by atoms with E-state index in [1.807, 2.05) is 5.38 Å². The Kier molecular flexibility index (Phi) is 6.17. The summed E-state index contributed by atoms with van der Waals surface area (Å²) in [5.41, 5.74) is 2.30. The maximum Gasteiger partial charge on any atom is 0.262 e. The molecule has 0 bridgehead atoms. The number of nitrogens with one attached hydrogen (secondary N) is 1. The average Bonchev–Trinajstić information content (AvgIpc) is 3.25. The number of aryl methyl sites for hydroxylation is 1. The number of anilines is 1. The first-order chi connectivity index (χ1) is 14.4. The fraction of sp³-hybridized carbons (Fsp3) is 0.381. The van der Waals surface area contributed by atoms with Crippen molar-refractivity contribution < 1.29 is 9.18 Å². The normalized spacial score (nSPS) is 17.3. The van der Waals surface area contributed by atoms with Gasteiger partial charge < -0.3 is 0 Å². The van der Waals surface area contributed by atoms with Crippen molar-refractivity contribution in [2.45, 2.75) is 33.2 Å². The number of thiazole rings is 1. The summed E-state index contributed by atoms with van der Waals surface area (Å²) in [6, 6.07) is 5.76. The molecule has 3 heterocycles. The second-order valence-corrected chi connectivity index (χ2v) is 8.94. The first-order valence-electron chi connectivity index (χ1n) is 9.90. The number of aromatic nitrogens is 3. The van der Waals surface area contributed by atoms with E-state index in [0.29, 0.717) is 22.4 Å². The molecule has 0 radical (unpaired) electrons. The van der Waals surface area contributed by atoms with Crippen LogP contribution in [0.25, 0.3) is 5.69 Å². The molecular weight excluding hydrogens is 425 g/mol. The van der Waals surface area contributed by atoms with Gasteiger partial charge in [-0.05, 0) is 56.5 Å². The van der Waals surface area contributed by atoms with Crippen molar-refractivity contribution in [3.8, 4) is 5.69 Å². The highest BCUT2D eigenvalue weighted by atomic mass is 35.5. The van der Waals surface area contributed by atoms with Crippen LogP contribution >= 0.6 is 22.9 Å². The molecule has 1 amide bonds. The van der Waals surface area contributed by atoms with Gasteiger partial charge in [0.2, 0.25) is 0 Å². The van der Waals surface area contributed by atoms with Crippen molar-refractivity contribution >= 4 is 34.0 Å². The zero-order chi connectivity index (χ0) is 21.3. The van der Waals surface area contributed by atoms with E-state index in [1.165, 1.54) is 41.0 Å². The Bertz CT molecular complexity index is 1050. The van der Waals surface area contributed by atoms with Gasteiger partial charge in [0.25, 0.3) is 5.91 Å². The van der Waals surface area contributed by atoms with Gasteiger partial charge in [0.05, 0.1) is 17.1 Å². The maximum atomic E-state index is 13.2. The summed E-state index contributed by atoms with van der Waals surface area (Å²) < 4.78 is 14.6. The molecule has 4 rings (SSSR count). The Morgan fingerprint density at radius 2 is 2.13 bits per heavy atom. The monoisotopic (exact) mass is 447 g/mol. The van der Waals surface area contributed by atoms with Crippen molar-refractivity contribution in [1.82, 2.24) is 19.7 Å². The van der Waals surface area contributed by atoms with E-state index in [9.17, 15) is 9.18 Å². The Hall–Kier alpha value is -2.29. The SMILES string of the molecule is Cc1nn(-c2ccc(F)cc2)c(Cl)c1C(=O)Nc1nc(CN2CCCC(C)C2)cs1. The minimum absolute atomic E-state index is 0.177. The molecule has 0 saturated carbocycles. The van der Waals surface area contributed by atoms with Gasteiger partial charge in [0.1, 0.15) is 16.5 Å². The molecular formula is C21H23ClFN5OS. The smallest absolute Gasteiger partial charge is 0.262 e. The van der Waals surface area contributed by atoms with Crippen LogP contribution in [0.4, 0.5) is 9.52 Å². The number of amides is 1. The number of halogens is 2. The summed E-state index contributed by atoms with van der Waals surface area (Å²) in [4.78, 5) is 19.8. The molecule has 1 aromatic carbocycles. The maximum absolute atomic E-state index is 13.2. The highest BCUT2D eigenvalue weighted by Gasteiger charge is 2.23. The Balaban J connectivity index is 1.47. The zero-order valence-electron chi connectivity index (χ0n) is 16.9. The van der Waals surface area contributed by atoms with E-state index in [0.717, 1.165) is 25.3 Å². The Morgan fingerprint density at radius 3 is 2.87 bits per heavy atom. The van der Waals surface area contributed by atoms with Crippen molar-refractivity contribution in [2.75, 3.05) is 18.4 Å². The molecule has 0 aliphatic carbocycles. The van der Waals surface area contributed by atoms with Gasteiger partial charge in [0, 0.05) is 18.5 Å². The fourth-order valence-electron chi connectivity index (χ4n) is 3.77. The number of carbonyl (C=O) groups is 1. The second-order valence-electron chi connectivity index (χ2n) is 7.72. The van der Waals surface area contributed by atoms with E-state index >= 15 is 0 Å². The number of benzene rings is 1. The third-order valence-corrected chi connectivity index (χ3v) is 6.36. The second kappa shape index (κ2) is 8.83. The lowest BCUT2D eigenvalue weighted by molar-refractivity contribution is 0.102. The van der Waals surface area contributed by atoms with E-state index in [1.54, 1.807) is 19.1 Å². The van der Waals surface area contributed by atoms with E-state index in [2.05, 4.69) is 27.2 Å². The standard InChI is InChI=1S/C21H23ClFN5OS/c1-13-4-3-9-27(10-13)11-16-12-30-21(24-16)25-20(29)18-14(2)26-28(19(18)22)17-7-5-15(23)6-8-17/h5-8,12-13H,3-4,9-11H2,1-2H3,(H,24,25,29). The highest BCUT2D eigenvalue weighted by Crippen LogP contribution is 2.26. The van der Waals surface area contributed by atoms with Crippen LogP contribution in [0.5, 0.6) is 0 Å². The molecule has 3 aromatic rings. The number of piperidine rings is 1. The molecule has 0 spiro atoms. The molecule has 1 saturated heterocycles. The number of hydrogen-bond donors (Lipinski definition) is 1. The molecule has 1 N–H and O–H groups in total. The molecule has 1 fully saturated rings. The molecule has 1 atom stereocenters. The quantitative estimate of drug-likeness (QED) is 0.603. The molecule has 2 aromatic heterocycles. The molecule has 6 nitrogen and oxygen atoms in total. The first kappa shape index (κ1) is 21.0. The van der Waals surface area contributed by atoms with Gasteiger partial charge in [-0.25, -0.2) is 14.1 Å². The van der Waals surface area contributed by atoms with Crippen LogP contribution in [0, 0.1) is 18.7 Å². The first-order valence-corrected chi connectivity index (χ1v) is 11.2. The number of rotatable bonds is 5. The van der Waals surface area contributed by atoms with Crippen LogP contribution in [-0.4, -0.2) is 38.7 Å². The summed E-state index contributed by atoms with van der Waals surface area (Å²) in [6.45, 7) is 6.94. The third-order valence-electron chi connectivity index (χ3n) is 5.20. The number of carbonyl (C=O) groups excluding carboxylic acids is 1. The van der Waals surface area contributed by atoms with Gasteiger partial charge in [0.15, 0.2) is 5.13 Å². The number of likely N-dealkylation sites (tertiary alicyclic amines) is 1. The minimum Gasteiger partial charge on any atom is -0.298 e. The topological polar surface area (TPSA) is 63.1 Å². The fourth-order valence-corrected chi connectivity index (χ4v) is 4.82. The minimum atomic E-state index is -0.363. The number of hydrogen-bond acceptors (Lipinski definition) is 5. The predicted octanol–water partition coefficient (Wildman–Crippen LogP) is 4.91. The van der Waals surface area contributed by atoms with Crippen molar-refractivity contribution in [3.05, 3.63) is 57.6 Å². The van der Waals surface area contributed by atoms with E-state index in [-0.39, 0.29) is 22.4 Å². The lowest BCUT2D eigenvalue weighted by atomic mass is 10.0. The summed E-state index contributed by atoms with van der Waals surface area (Å²) in [7, 11) is 0. The predicted molar refractivity (Wildman–Crippen MR) is 117 cm³/mol. The zero-order valence-corrected chi connectivity index (χ0v) is 18.4. The van der Waals surface area contributed by atoms with Crippen LogP contribution < -0.4 is 5.32 Å². The van der Waals surface area contributed by atoms with E-state index < -0.39 is 0 Å². The van der Waals surface area contributed by atoms with Gasteiger partial charge in [-0.3, -0.25) is 15.0 Å². The molecule has 158 valence electrons. The molecule has 1 aliphatic rings. The lowest BCUT2D eigenvalue weighted by Crippen LogP contribution is -2.33. The van der Waals surface area contributed by atoms with Gasteiger partial charge >= 0.3 is 0 Å². The number of nitrogens with zero attached hydrogens (tertiary/aromatic N) is 4.